The van der Waals surface area contributed by atoms with E-state index < -0.39 is 0 Å². The molecule has 0 unspecified atom stereocenters. The summed E-state index contributed by atoms with van der Waals surface area (Å²) >= 11 is 0. The molecule has 0 aliphatic carbocycles. The number of hydrogen-bond acceptors (Lipinski definition) is 5. The molecule has 0 aliphatic heterocycles. The van der Waals surface area contributed by atoms with Crippen LogP contribution in [0.1, 0.15) is 31.7 Å². The number of carbonyl (C=O) groups is 1. The third-order valence-corrected chi connectivity index (χ3v) is 3.56. The highest BCUT2D eigenvalue weighted by Crippen LogP contribution is 2.21. The van der Waals surface area contributed by atoms with Crippen molar-refractivity contribution >= 4 is 5.97 Å². The minimum absolute atomic E-state index is 0.105. The molecule has 0 saturated heterocycles. The first kappa shape index (κ1) is 18.2. The van der Waals surface area contributed by atoms with Gasteiger partial charge in [-0.25, -0.2) is 4.98 Å². The number of aryl methyl sites for hydroxylation is 1. The molecule has 1 aromatic carbocycles. The van der Waals surface area contributed by atoms with Crippen LogP contribution in [0.2, 0.25) is 0 Å². The van der Waals surface area contributed by atoms with Crippen molar-refractivity contribution in [1.82, 2.24) is 4.98 Å². The third-order valence-electron chi connectivity index (χ3n) is 3.56. The molecule has 0 atom stereocenters. The predicted molar refractivity (Wildman–Crippen MR) is 91.6 cm³/mol. The Kier molecular flexibility index (Phi) is 7.00. The summed E-state index contributed by atoms with van der Waals surface area (Å²) in [5.41, 5.74) is 1.50. The Balaban J connectivity index is 1.77. The molecule has 2 rings (SSSR count). The van der Waals surface area contributed by atoms with Crippen LogP contribution in [-0.2, 0) is 20.7 Å². The first-order valence-electron chi connectivity index (χ1n) is 8.31. The summed E-state index contributed by atoms with van der Waals surface area (Å²) in [5, 5.41) is 0. The fourth-order valence-electron chi connectivity index (χ4n) is 2.12. The van der Waals surface area contributed by atoms with Gasteiger partial charge in [-0.15, -0.1) is 0 Å². The maximum Gasteiger partial charge on any atom is 0.312 e. The SMILES string of the molecule is Cc1oc(-c2ccccc2)nc1CC(=O)OCCOCCC(C)C. The van der Waals surface area contributed by atoms with Crippen molar-refractivity contribution < 1.29 is 18.7 Å². The molecule has 130 valence electrons. The number of carbonyl (C=O) groups excluding carboxylic acids is 1. The minimum atomic E-state index is -0.321. The highest BCUT2D eigenvalue weighted by Gasteiger charge is 2.15. The lowest BCUT2D eigenvalue weighted by atomic mass is 10.1. The summed E-state index contributed by atoms with van der Waals surface area (Å²) in [6.45, 7) is 7.47. The Hall–Kier alpha value is -2.14. The molecule has 0 spiro atoms. The number of nitrogens with zero attached hydrogens (tertiary/aromatic N) is 1. The van der Waals surface area contributed by atoms with Crippen molar-refractivity contribution in [2.75, 3.05) is 19.8 Å². The second kappa shape index (κ2) is 9.23. The van der Waals surface area contributed by atoms with Crippen LogP contribution in [0.15, 0.2) is 34.7 Å². The van der Waals surface area contributed by atoms with Gasteiger partial charge in [-0.2, -0.15) is 0 Å². The van der Waals surface area contributed by atoms with Crippen molar-refractivity contribution in [2.45, 2.75) is 33.6 Å². The van der Waals surface area contributed by atoms with Gasteiger partial charge in [0.2, 0.25) is 5.89 Å². The molecule has 5 heteroatoms. The summed E-state index contributed by atoms with van der Waals surface area (Å²) in [6, 6.07) is 9.61. The molecule has 1 heterocycles. The molecule has 5 nitrogen and oxygen atoms in total. The van der Waals surface area contributed by atoms with Gasteiger partial charge in [-0.3, -0.25) is 4.79 Å². The fraction of sp³-hybridized carbons (Fsp3) is 0.474. The van der Waals surface area contributed by atoms with Gasteiger partial charge in [-0.1, -0.05) is 32.0 Å². The van der Waals surface area contributed by atoms with Gasteiger partial charge in [0, 0.05) is 12.2 Å². The van der Waals surface area contributed by atoms with Gasteiger partial charge in [0.25, 0.3) is 0 Å². The van der Waals surface area contributed by atoms with Crippen molar-refractivity contribution in [2.24, 2.45) is 5.92 Å². The summed E-state index contributed by atoms with van der Waals surface area (Å²) in [7, 11) is 0. The number of hydrogen-bond donors (Lipinski definition) is 0. The Bertz CT molecular complexity index is 634. The van der Waals surface area contributed by atoms with Gasteiger partial charge in [0.15, 0.2) is 0 Å². The maximum atomic E-state index is 11.9. The van der Waals surface area contributed by atoms with Crippen molar-refractivity contribution in [1.29, 1.82) is 0 Å². The predicted octanol–water partition coefficient (Wildman–Crippen LogP) is 3.80. The highest BCUT2D eigenvalue weighted by molar-refractivity contribution is 5.72. The molecule has 0 aliphatic rings. The zero-order valence-corrected chi connectivity index (χ0v) is 14.6. The van der Waals surface area contributed by atoms with E-state index >= 15 is 0 Å². The summed E-state index contributed by atoms with van der Waals surface area (Å²) in [4.78, 5) is 16.3. The largest absolute Gasteiger partial charge is 0.463 e. The van der Waals surface area contributed by atoms with E-state index in [4.69, 9.17) is 13.9 Å². The molecule has 0 saturated carbocycles. The van der Waals surface area contributed by atoms with Crippen LogP contribution in [0.3, 0.4) is 0 Å². The third kappa shape index (κ3) is 5.81. The summed E-state index contributed by atoms with van der Waals surface area (Å²) < 4.78 is 16.2. The van der Waals surface area contributed by atoms with Gasteiger partial charge < -0.3 is 13.9 Å². The average Bonchev–Trinajstić information content (AvgIpc) is 2.92. The van der Waals surface area contributed by atoms with Crippen molar-refractivity contribution in [3.8, 4) is 11.5 Å². The second-order valence-electron chi connectivity index (χ2n) is 6.08. The monoisotopic (exact) mass is 331 g/mol. The zero-order chi connectivity index (χ0) is 17.4. The average molecular weight is 331 g/mol. The first-order chi connectivity index (χ1) is 11.6. The van der Waals surface area contributed by atoms with E-state index in [1.54, 1.807) is 6.92 Å². The maximum absolute atomic E-state index is 11.9. The molecule has 24 heavy (non-hydrogen) atoms. The lowest BCUT2D eigenvalue weighted by molar-refractivity contribution is -0.144. The lowest BCUT2D eigenvalue weighted by Gasteiger charge is -2.07. The molecule has 0 radical (unpaired) electrons. The number of aromatic nitrogens is 1. The molecule has 1 aromatic heterocycles. The van der Waals surface area contributed by atoms with E-state index in [-0.39, 0.29) is 19.0 Å². The van der Waals surface area contributed by atoms with Crippen LogP contribution in [0, 0.1) is 12.8 Å². The molecule has 0 bridgehead atoms. The smallest absolute Gasteiger partial charge is 0.312 e. The second-order valence-corrected chi connectivity index (χ2v) is 6.08. The zero-order valence-electron chi connectivity index (χ0n) is 14.6. The van der Waals surface area contributed by atoms with Crippen molar-refractivity contribution in [3.05, 3.63) is 41.8 Å². The molecule has 0 amide bonds. The van der Waals surface area contributed by atoms with Gasteiger partial charge in [-0.05, 0) is 31.4 Å². The Morgan fingerprint density at radius 1 is 1.17 bits per heavy atom. The van der Waals surface area contributed by atoms with E-state index in [0.717, 1.165) is 12.0 Å². The van der Waals surface area contributed by atoms with Gasteiger partial charge in [0.1, 0.15) is 12.4 Å². The summed E-state index contributed by atoms with van der Waals surface area (Å²) in [6.07, 6.45) is 1.11. The minimum Gasteiger partial charge on any atom is -0.463 e. The molecular formula is C19H25NO4. The fourth-order valence-corrected chi connectivity index (χ4v) is 2.12. The number of benzene rings is 1. The number of rotatable bonds is 9. The van der Waals surface area contributed by atoms with E-state index in [1.165, 1.54) is 0 Å². The van der Waals surface area contributed by atoms with E-state index in [0.29, 0.717) is 36.5 Å². The van der Waals surface area contributed by atoms with Crippen LogP contribution < -0.4 is 0 Å². The van der Waals surface area contributed by atoms with Gasteiger partial charge >= 0.3 is 5.97 Å². The van der Waals surface area contributed by atoms with E-state index in [2.05, 4.69) is 18.8 Å². The number of ether oxygens (including phenoxy) is 2. The first-order valence-corrected chi connectivity index (χ1v) is 8.31. The highest BCUT2D eigenvalue weighted by atomic mass is 16.6. The topological polar surface area (TPSA) is 61.6 Å². The standard InChI is InChI=1S/C19H25NO4/c1-14(2)9-10-22-11-12-23-18(21)13-17-15(3)24-19(20-17)16-7-5-4-6-8-16/h4-8,14H,9-13H2,1-3H3. The van der Waals surface area contributed by atoms with Crippen LogP contribution in [0.5, 0.6) is 0 Å². The lowest BCUT2D eigenvalue weighted by Crippen LogP contribution is -2.14. The van der Waals surface area contributed by atoms with Crippen LogP contribution >= 0.6 is 0 Å². The Morgan fingerprint density at radius 3 is 2.62 bits per heavy atom. The van der Waals surface area contributed by atoms with E-state index in [1.807, 2.05) is 30.3 Å². The molecule has 2 aromatic rings. The molecular weight excluding hydrogens is 306 g/mol. The van der Waals surface area contributed by atoms with Crippen LogP contribution in [0.25, 0.3) is 11.5 Å². The van der Waals surface area contributed by atoms with Gasteiger partial charge in [0.05, 0.1) is 18.7 Å². The van der Waals surface area contributed by atoms with Crippen molar-refractivity contribution in [3.63, 3.8) is 0 Å². The Morgan fingerprint density at radius 2 is 1.92 bits per heavy atom. The number of esters is 1. The van der Waals surface area contributed by atoms with Crippen LogP contribution in [-0.4, -0.2) is 30.8 Å². The van der Waals surface area contributed by atoms with Crippen LogP contribution in [0.4, 0.5) is 0 Å². The number of oxazole rings is 1. The quantitative estimate of drug-likeness (QED) is 0.517. The normalized spacial score (nSPS) is 11.0. The Labute approximate surface area is 143 Å². The molecule has 0 fully saturated rings. The van der Waals surface area contributed by atoms with E-state index in [9.17, 15) is 4.79 Å². The molecule has 0 N–H and O–H groups in total. The summed E-state index contributed by atoms with van der Waals surface area (Å²) in [5.74, 6) is 1.45.